The van der Waals surface area contributed by atoms with Gasteiger partial charge in [-0.05, 0) is 0 Å². The first-order chi connectivity index (χ1) is 2.00. The van der Waals surface area contributed by atoms with E-state index in [1.807, 2.05) is 0 Å². The van der Waals surface area contributed by atoms with Crippen molar-refractivity contribution < 1.29 is 277 Å². The Morgan fingerprint density at radius 3 is 0.833 bits per heavy atom. The standard InChI is InChI=1S/ClH.3K.3Na.H2O4S.3H/c;;;;;;;1-5(2,3)4;;;/h1H;;;;;;;(H2,1,2,3,4);;;/q;6*+1;;3*-1/p-3. The van der Waals surface area contributed by atoms with Gasteiger partial charge in [0.05, 0.1) is 0 Å². The summed E-state index contributed by atoms with van der Waals surface area (Å²) in [4.78, 5) is 0. The zero-order valence-corrected chi connectivity index (χ0v) is 25.4. The van der Waals surface area contributed by atoms with Gasteiger partial charge in [-0.25, -0.2) is 0 Å². The van der Waals surface area contributed by atoms with Crippen molar-refractivity contribution in [3.05, 3.63) is 0 Å². The molecule has 0 aromatic rings. The summed E-state index contributed by atoms with van der Waals surface area (Å²) in [5.41, 5.74) is 0. The molecule has 4 nitrogen and oxygen atoms in total. The molecule has 46 valence electrons. The second-order valence-corrected chi connectivity index (χ2v) is 1.22. The molecule has 0 aliphatic carbocycles. The Kier molecular flexibility index (Phi) is 131. The van der Waals surface area contributed by atoms with Crippen molar-refractivity contribution in [2.75, 3.05) is 0 Å². The third-order valence-corrected chi connectivity index (χ3v) is 0. The van der Waals surface area contributed by atoms with Crippen molar-refractivity contribution in [3.63, 3.8) is 0 Å². The van der Waals surface area contributed by atoms with Gasteiger partial charge in [0.2, 0.25) is 0 Å². The molecule has 0 atom stereocenters. The van der Waals surface area contributed by atoms with Gasteiger partial charge in [-0.1, -0.05) is 0 Å². The van der Waals surface area contributed by atoms with Gasteiger partial charge >= 0.3 is 243 Å². The zero-order valence-electron chi connectivity index (χ0n) is 11.4. The van der Waals surface area contributed by atoms with Crippen molar-refractivity contribution in [2.45, 2.75) is 0 Å². The molecule has 0 saturated carbocycles. The molecule has 0 unspecified atom stereocenters. The van der Waals surface area contributed by atoms with Crippen LogP contribution in [0.1, 0.15) is 4.28 Å². The van der Waals surface area contributed by atoms with Crippen LogP contribution in [-0.2, 0) is 10.4 Å². The summed E-state index contributed by atoms with van der Waals surface area (Å²) in [6.07, 6.45) is 0. The maximum Gasteiger partial charge on any atom is 1.00 e. The van der Waals surface area contributed by atoms with Crippen LogP contribution >= 0.6 is 0 Å². The summed E-state index contributed by atoms with van der Waals surface area (Å²) in [6.45, 7) is 0. The first kappa shape index (κ1) is 50.1. The van der Waals surface area contributed by atoms with E-state index in [1.165, 1.54) is 0 Å². The van der Waals surface area contributed by atoms with Crippen LogP contribution in [0.2, 0.25) is 0 Å². The Labute approximate surface area is 278 Å². The molecule has 0 amide bonds. The van der Waals surface area contributed by atoms with Gasteiger partial charge in [-0.2, -0.15) is 0 Å². The van der Waals surface area contributed by atoms with Crippen LogP contribution in [0, 0.1) is 0 Å². The SMILES string of the molecule is O=S(=O)([O-])[O-].[Cl-].[H-].[H-].[H-].[K+].[K+].[K+].[Na+].[Na+].[Na+]. The molecule has 0 radical (unpaired) electrons. The predicted octanol–water partition coefficient (Wildman–Crippen LogP) is -22.0. The van der Waals surface area contributed by atoms with Crippen molar-refractivity contribution in [1.82, 2.24) is 0 Å². The van der Waals surface area contributed by atoms with Gasteiger partial charge in [-0.15, -0.1) is 0 Å². The topological polar surface area (TPSA) is 80.3 Å². The second-order valence-electron chi connectivity index (χ2n) is 0.408. The molecule has 12 heavy (non-hydrogen) atoms. The first-order valence-electron chi connectivity index (χ1n) is 0.667. The molecular weight excluding hydrogens is 318 g/mol. The zero-order chi connectivity index (χ0) is 4.50. The number of hydrogen-bond donors (Lipinski definition) is 0. The molecule has 0 saturated heterocycles. The van der Waals surface area contributed by atoms with E-state index in [2.05, 4.69) is 0 Å². The second kappa shape index (κ2) is 31.5. The Hall–Kier alpha value is 8.07. The summed E-state index contributed by atoms with van der Waals surface area (Å²) in [5, 5.41) is 0. The van der Waals surface area contributed by atoms with E-state index in [-0.39, 0.29) is 260 Å². The van der Waals surface area contributed by atoms with E-state index in [0.29, 0.717) is 0 Å². The summed E-state index contributed by atoms with van der Waals surface area (Å²) in [6, 6.07) is 0. The van der Waals surface area contributed by atoms with Crippen LogP contribution < -0.4 is 255 Å². The molecule has 0 fully saturated rings. The molecule has 0 bridgehead atoms. The van der Waals surface area contributed by atoms with E-state index in [1.54, 1.807) is 0 Å². The van der Waals surface area contributed by atoms with E-state index in [9.17, 15) is 0 Å². The summed E-state index contributed by atoms with van der Waals surface area (Å²) in [7, 11) is -5.17. The molecule has 0 aromatic heterocycles. The minimum absolute atomic E-state index is 0. The van der Waals surface area contributed by atoms with Crippen molar-refractivity contribution in [3.8, 4) is 0 Å². The Morgan fingerprint density at radius 1 is 0.833 bits per heavy atom. The van der Waals surface area contributed by atoms with Gasteiger partial charge < -0.3 is 25.8 Å². The number of hydrogen-bond acceptors (Lipinski definition) is 4. The van der Waals surface area contributed by atoms with Crippen LogP contribution in [-0.4, -0.2) is 17.5 Å². The van der Waals surface area contributed by atoms with Gasteiger partial charge in [0.1, 0.15) is 0 Å². The molecule has 0 aliphatic heterocycles. The predicted molar refractivity (Wildman–Crippen MR) is 13.8 cm³/mol. The molecule has 0 aliphatic rings. The molecule has 0 spiro atoms. The smallest absolute Gasteiger partial charge is 1.00 e. The van der Waals surface area contributed by atoms with Crippen molar-refractivity contribution in [2.24, 2.45) is 0 Å². The molecular formula is H3ClK3Na3O4S. The van der Waals surface area contributed by atoms with Gasteiger partial charge in [-0.3, -0.25) is 8.42 Å². The van der Waals surface area contributed by atoms with E-state index < -0.39 is 10.4 Å². The van der Waals surface area contributed by atoms with Crippen LogP contribution in [0.3, 0.4) is 0 Å². The number of rotatable bonds is 0. The fourth-order valence-electron chi connectivity index (χ4n) is 0. The van der Waals surface area contributed by atoms with Crippen LogP contribution in [0.15, 0.2) is 0 Å². The first-order valence-corrected chi connectivity index (χ1v) is 2.00. The van der Waals surface area contributed by atoms with Crippen LogP contribution in [0.25, 0.3) is 0 Å². The van der Waals surface area contributed by atoms with Gasteiger partial charge in [0, 0.05) is 10.4 Å². The molecule has 0 rings (SSSR count). The maximum atomic E-state index is 8.52. The third-order valence-electron chi connectivity index (χ3n) is 0. The quantitative estimate of drug-likeness (QED) is 0.252. The number of halogens is 1. The molecule has 12 heteroatoms. The van der Waals surface area contributed by atoms with E-state index in [4.69, 9.17) is 17.5 Å². The van der Waals surface area contributed by atoms with Crippen LogP contribution in [0.4, 0.5) is 0 Å². The Morgan fingerprint density at radius 2 is 0.833 bits per heavy atom. The van der Waals surface area contributed by atoms with Gasteiger partial charge in [0.25, 0.3) is 0 Å². The maximum absolute atomic E-state index is 8.52. The fraction of sp³-hybridized carbons (Fsp3) is 0. The molecule has 0 aromatic carbocycles. The molecule has 0 heterocycles. The van der Waals surface area contributed by atoms with E-state index >= 15 is 0 Å². The van der Waals surface area contributed by atoms with Gasteiger partial charge in [0.15, 0.2) is 0 Å². The molecule has 0 N–H and O–H groups in total. The Bertz CT molecular complexity index is 120. The minimum atomic E-state index is -5.17. The summed E-state index contributed by atoms with van der Waals surface area (Å²) >= 11 is 0. The minimum Gasteiger partial charge on any atom is -1.00 e. The summed E-state index contributed by atoms with van der Waals surface area (Å²) in [5.74, 6) is 0. The average Bonchev–Trinajstić information content (AvgIpc) is 0.722. The largest absolute Gasteiger partial charge is 1.00 e. The monoisotopic (exact) mass is 320 g/mol. The third kappa shape index (κ3) is 80.9. The normalized spacial score (nSPS) is 4.83. The fourth-order valence-corrected chi connectivity index (χ4v) is 0. The Balaban J connectivity index is -0.00000000178. The van der Waals surface area contributed by atoms with Crippen molar-refractivity contribution in [1.29, 1.82) is 0 Å². The van der Waals surface area contributed by atoms with Crippen molar-refractivity contribution >= 4 is 10.4 Å². The average molecular weight is 321 g/mol. The van der Waals surface area contributed by atoms with Crippen LogP contribution in [0.5, 0.6) is 0 Å². The summed E-state index contributed by atoms with van der Waals surface area (Å²) < 4.78 is 34.1. The van der Waals surface area contributed by atoms with E-state index in [0.717, 1.165) is 0 Å².